The number of methoxy groups -OCH3 is 1. The molecule has 0 radical (unpaired) electrons. The number of carbonyl (C=O) groups excluding carboxylic acids is 2. The number of rotatable bonds is 6. The maximum absolute atomic E-state index is 13.0. The van der Waals surface area contributed by atoms with E-state index in [1.54, 1.807) is 18.2 Å². The summed E-state index contributed by atoms with van der Waals surface area (Å²) >= 11 is 0. The van der Waals surface area contributed by atoms with E-state index in [1.807, 2.05) is 41.7 Å². The Morgan fingerprint density at radius 2 is 1.90 bits per heavy atom. The monoisotopic (exact) mass is 397 g/mol. The molecule has 4 rings (SSSR count). The number of hydrogen-bond donors (Lipinski definition) is 0. The molecule has 0 bridgehead atoms. The number of imidazole rings is 1. The van der Waals surface area contributed by atoms with Crippen molar-refractivity contribution in [3.8, 4) is 5.75 Å². The van der Waals surface area contributed by atoms with Crippen molar-refractivity contribution >= 4 is 17.5 Å². The van der Waals surface area contributed by atoms with Crippen LogP contribution >= 0.6 is 0 Å². The van der Waals surface area contributed by atoms with Gasteiger partial charge in [-0.05, 0) is 24.3 Å². The van der Waals surface area contributed by atoms with Crippen molar-refractivity contribution in [1.29, 1.82) is 0 Å². The van der Waals surface area contributed by atoms with E-state index in [4.69, 9.17) is 4.74 Å². The van der Waals surface area contributed by atoms with Crippen LogP contribution in [0.2, 0.25) is 0 Å². The van der Waals surface area contributed by atoms with E-state index in [9.17, 15) is 9.59 Å². The zero-order valence-corrected chi connectivity index (χ0v) is 16.7. The van der Waals surface area contributed by atoms with E-state index in [-0.39, 0.29) is 24.2 Å². The third-order valence-electron chi connectivity index (χ3n) is 5.78. The molecule has 0 N–H and O–H groups in total. The number of benzene rings is 1. The highest BCUT2D eigenvalue weighted by Crippen LogP contribution is 2.28. The fourth-order valence-corrected chi connectivity index (χ4v) is 4.01. The van der Waals surface area contributed by atoms with Gasteiger partial charge < -0.3 is 19.1 Å². The predicted molar refractivity (Wildman–Crippen MR) is 109 cm³/mol. The Morgan fingerprint density at radius 1 is 1.14 bits per heavy atom. The fraction of sp³-hybridized carbons (Fsp3) is 0.476. The SMILES string of the molecule is COc1ccc(N2CC(C(=O)N3CCN(CCn4ccnc4)CC3)CC2=O)cc1. The van der Waals surface area contributed by atoms with Crippen LogP contribution in [0.4, 0.5) is 5.69 Å². The third-order valence-corrected chi connectivity index (χ3v) is 5.78. The van der Waals surface area contributed by atoms with Gasteiger partial charge in [0, 0.05) is 70.3 Å². The first-order valence-corrected chi connectivity index (χ1v) is 10.1. The number of anilines is 1. The Balaban J connectivity index is 1.28. The molecule has 1 aromatic carbocycles. The molecule has 2 aromatic rings. The van der Waals surface area contributed by atoms with Crippen LogP contribution in [0.5, 0.6) is 5.75 Å². The summed E-state index contributed by atoms with van der Waals surface area (Å²) in [5.41, 5.74) is 0.815. The van der Waals surface area contributed by atoms with Gasteiger partial charge in [0.25, 0.3) is 0 Å². The quantitative estimate of drug-likeness (QED) is 0.730. The van der Waals surface area contributed by atoms with Crippen molar-refractivity contribution in [3.63, 3.8) is 0 Å². The van der Waals surface area contributed by atoms with Gasteiger partial charge in [-0.3, -0.25) is 14.5 Å². The lowest BCUT2D eigenvalue weighted by molar-refractivity contribution is -0.137. The van der Waals surface area contributed by atoms with E-state index in [2.05, 4.69) is 14.5 Å². The number of nitrogens with zero attached hydrogens (tertiary/aromatic N) is 5. The molecule has 2 aliphatic heterocycles. The molecule has 0 aliphatic carbocycles. The molecular weight excluding hydrogens is 370 g/mol. The van der Waals surface area contributed by atoms with Crippen molar-refractivity contribution in [1.82, 2.24) is 19.4 Å². The number of ether oxygens (including phenoxy) is 1. The van der Waals surface area contributed by atoms with Gasteiger partial charge >= 0.3 is 0 Å². The molecule has 29 heavy (non-hydrogen) atoms. The third kappa shape index (κ3) is 4.42. The Hall–Kier alpha value is -2.87. The van der Waals surface area contributed by atoms with Gasteiger partial charge in [0.15, 0.2) is 0 Å². The topological polar surface area (TPSA) is 70.9 Å². The van der Waals surface area contributed by atoms with Gasteiger partial charge in [0.2, 0.25) is 11.8 Å². The second kappa shape index (κ2) is 8.65. The lowest BCUT2D eigenvalue weighted by Crippen LogP contribution is -2.51. The second-order valence-corrected chi connectivity index (χ2v) is 7.57. The number of amides is 2. The number of aromatic nitrogens is 2. The second-order valence-electron chi connectivity index (χ2n) is 7.57. The smallest absolute Gasteiger partial charge is 0.228 e. The van der Waals surface area contributed by atoms with Crippen LogP contribution in [0, 0.1) is 5.92 Å². The molecule has 0 saturated carbocycles. The van der Waals surface area contributed by atoms with Crippen molar-refractivity contribution in [2.45, 2.75) is 13.0 Å². The minimum atomic E-state index is -0.262. The maximum Gasteiger partial charge on any atom is 0.228 e. The molecule has 3 heterocycles. The summed E-state index contributed by atoms with van der Waals surface area (Å²) in [5.74, 6) is 0.595. The first-order valence-electron chi connectivity index (χ1n) is 10.1. The van der Waals surface area contributed by atoms with Crippen molar-refractivity contribution in [2.75, 3.05) is 51.3 Å². The number of piperazine rings is 1. The van der Waals surface area contributed by atoms with Crippen LogP contribution in [0.1, 0.15) is 6.42 Å². The van der Waals surface area contributed by atoms with Gasteiger partial charge in [-0.25, -0.2) is 4.98 Å². The normalized spacial score (nSPS) is 20.3. The molecule has 1 atom stereocenters. The number of carbonyl (C=O) groups is 2. The predicted octanol–water partition coefficient (Wildman–Crippen LogP) is 1.09. The van der Waals surface area contributed by atoms with E-state index < -0.39 is 0 Å². The Bertz CT molecular complexity index is 829. The average Bonchev–Trinajstić information content (AvgIpc) is 3.42. The van der Waals surface area contributed by atoms with E-state index in [1.165, 1.54) is 0 Å². The zero-order chi connectivity index (χ0) is 20.2. The first-order chi connectivity index (χ1) is 14.1. The molecular formula is C21H27N5O3. The summed E-state index contributed by atoms with van der Waals surface area (Å²) in [6.45, 7) is 5.47. The highest BCUT2D eigenvalue weighted by molar-refractivity contribution is 6.00. The average molecular weight is 397 g/mol. The van der Waals surface area contributed by atoms with Gasteiger partial charge in [-0.2, -0.15) is 0 Å². The van der Waals surface area contributed by atoms with Gasteiger partial charge in [-0.15, -0.1) is 0 Å². The van der Waals surface area contributed by atoms with Crippen LogP contribution in [0.15, 0.2) is 43.0 Å². The molecule has 2 amide bonds. The molecule has 2 saturated heterocycles. The summed E-state index contributed by atoms with van der Waals surface area (Å²) in [4.78, 5) is 35.5. The lowest BCUT2D eigenvalue weighted by Gasteiger charge is -2.35. The molecule has 154 valence electrons. The lowest BCUT2D eigenvalue weighted by atomic mass is 10.1. The van der Waals surface area contributed by atoms with E-state index in [0.29, 0.717) is 6.54 Å². The van der Waals surface area contributed by atoms with Gasteiger partial charge in [-0.1, -0.05) is 0 Å². The first kappa shape index (κ1) is 19.4. The fourth-order valence-electron chi connectivity index (χ4n) is 4.01. The standard InChI is InChI=1S/C21H27N5O3/c1-29-19-4-2-18(3-5-19)26-15-17(14-20(26)27)21(28)25-12-10-23(11-13-25)8-9-24-7-6-22-16-24/h2-7,16-17H,8-15H2,1H3. The van der Waals surface area contributed by atoms with Crippen LogP contribution in [-0.4, -0.2) is 77.5 Å². The van der Waals surface area contributed by atoms with E-state index in [0.717, 1.165) is 50.7 Å². The Kier molecular flexibility index (Phi) is 5.80. The molecule has 1 unspecified atom stereocenters. The summed E-state index contributed by atoms with van der Waals surface area (Å²) in [7, 11) is 1.61. The van der Waals surface area contributed by atoms with Crippen LogP contribution in [-0.2, 0) is 16.1 Å². The van der Waals surface area contributed by atoms with Gasteiger partial charge in [0.05, 0.1) is 19.4 Å². The highest BCUT2D eigenvalue weighted by atomic mass is 16.5. The highest BCUT2D eigenvalue weighted by Gasteiger charge is 2.37. The maximum atomic E-state index is 13.0. The van der Waals surface area contributed by atoms with Crippen molar-refractivity contribution in [2.24, 2.45) is 5.92 Å². The summed E-state index contributed by atoms with van der Waals surface area (Å²) in [6, 6.07) is 7.40. The summed E-state index contributed by atoms with van der Waals surface area (Å²) in [6.07, 6.45) is 5.86. The van der Waals surface area contributed by atoms with Crippen molar-refractivity contribution < 1.29 is 14.3 Å². The summed E-state index contributed by atoms with van der Waals surface area (Å²) in [5, 5.41) is 0. The van der Waals surface area contributed by atoms with Crippen LogP contribution < -0.4 is 9.64 Å². The largest absolute Gasteiger partial charge is 0.497 e. The number of hydrogen-bond acceptors (Lipinski definition) is 5. The molecule has 0 spiro atoms. The minimum Gasteiger partial charge on any atom is -0.497 e. The Morgan fingerprint density at radius 3 is 2.55 bits per heavy atom. The van der Waals surface area contributed by atoms with Crippen molar-refractivity contribution in [3.05, 3.63) is 43.0 Å². The van der Waals surface area contributed by atoms with Crippen LogP contribution in [0.3, 0.4) is 0 Å². The summed E-state index contributed by atoms with van der Waals surface area (Å²) < 4.78 is 7.24. The molecule has 8 nitrogen and oxygen atoms in total. The Labute approximate surface area is 170 Å². The zero-order valence-electron chi connectivity index (χ0n) is 16.7. The van der Waals surface area contributed by atoms with E-state index >= 15 is 0 Å². The molecule has 2 fully saturated rings. The molecule has 1 aromatic heterocycles. The minimum absolute atomic E-state index is 0.00693. The molecule has 2 aliphatic rings. The van der Waals surface area contributed by atoms with Gasteiger partial charge in [0.1, 0.15) is 5.75 Å². The molecule has 8 heteroatoms. The van der Waals surface area contributed by atoms with Crippen LogP contribution in [0.25, 0.3) is 0 Å².